The fourth-order valence-corrected chi connectivity index (χ4v) is 2.48. The number of rotatable bonds is 3. The zero-order valence-corrected chi connectivity index (χ0v) is 14.8. The second-order valence-electron chi connectivity index (χ2n) is 7.33. The van der Waals surface area contributed by atoms with Gasteiger partial charge in [0.25, 0.3) is 5.91 Å². The van der Waals surface area contributed by atoms with Crippen LogP contribution in [0.25, 0.3) is 22.0 Å². The number of aromatic nitrogens is 2. The summed E-state index contributed by atoms with van der Waals surface area (Å²) >= 11 is 0. The van der Waals surface area contributed by atoms with Crippen LogP contribution in [0.4, 0.5) is 8.78 Å². The number of fused-ring (bicyclic) bond motifs is 1. The summed E-state index contributed by atoms with van der Waals surface area (Å²) in [7, 11) is 0. The van der Waals surface area contributed by atoms with E-state index in [-0.39, 0.29) is 17.0 Å². The van der Waals surface area contributed by atoms with Crippen molar-refractivity contribution in [2.24, 2.45) is 5.41 Å². The molecule has 0 aliphatic carbocycles. The Hall–Kier alpha value is -2.89. The number of benzene rings is 1. The van der Waals surface area contributed by atoms with Crippen molar-refractivity contribution in [2.75, 3.05) is 6.54 Å². The van der Waals surface area contributed by atoms with Gasteiger partial charge in [-0.1, -0.05) is 26.8 Å². The van der Waals surface area contributed by atoms with Crippen molar-refractivity contribution in [3.8, 4) is 11.1 Å². The van der Waals surface area contributed by atoms with Crippen LogP contribution in [0.1, 0.15) is 31.3 Å². The van der Waals surface area contributed by atoms with E-state index in [9.17, 15) is 13.6 Å². The fourth-order valence-electron chi connectivity index (χ4n) is 2.48. The normalized spacial score (nSPS) is 11.6. The number of hydrogen-bond donors (Lipinski definition) is 1. The summed E-state index contributed by atoms with van der Waals surface area (Å²) in [5, 5.41) is 3.56. The summed E-state index contributed by atoms with van der Waals surface area (Å²) in [6.45, 7) is 6.58. The van der Waals surface area contributed by atoms with Gasteiger partial charge in [0.1, 0.15) is 5.69 Å². The Morgan fingerprint density at radius 1 is 1.08 bits per heavy atom. The molecule has 2 heterocycles. The summed E-state index contributed by atoms with van der Waals surface area (Å²) in [4.78, 5) is 20.9. The third kappa shape index (κ3) is 3.85. The molecule has 0 saturated heterocycles. The summed E-state index contributed by atoms with van der Waals surface area (Å²) < 4.78 is 26.8. The highest BCUT2D eigenvalue weighted by atomic mass is 19.2. The van der Waals surface area contributed by atoms with Crippen LogP contribution in [0.15, 0.2) is 42.7 Å². The van der Waals surface area contributed by atoms with Gasteiger partial charge in [0.05, 0.1) is 5.52 Å². The number of carbonyl (C=O) groups is 1. The van der Waals surface area contributed by atoms with E-state index in [4.69, 9.17) is 0 Å². The summed E-state index contributed by atoms with van der Waals surface area (Å²) in [5.41, 5.74) is 1.70. The van der Waals surface area contributed by atoms with Crippen LogP contribution in [0.3, 0.4) is 0 Å². The molecule has 0 unspecified atom stereocenters. The van der Waals surface area contributed by atoms with Crippen LogP contribution >= 0.6 is 0 Å². The largest absolute Gasteiger partial charge is 0.350 e. The molecule has 0 aliphatic heterocycles. The van der Waals surface area contributed by atoms with Crippen LogP contribution < -0.4 is 5.32 Å². The highest BCUT2D eigenvalue weighted by molar-refractivity contribution is 5.98. The van der Waals surface area contributed by atoms with E-state index in [0.29, 0.717) is 28.6 Å². The van der Waals surface area contributed by atoms with Crippen LogP contribution in [0.2, 0.25) is 0 Å². The Kier molecular flexibility index (Phi) is 4.68. The predicted molar refractivity (Wildman–Crippen MR) is 96.7 cm³/mol. The van der Waals surface area contributed by atoms with Crippen LogP contribution in [-0.4, -0.2) is 22.4 Å². The molecule has 0 bridgehead atoms. The third-order valence-corrected chi connectivity index (χ3v) is 3.84. The molecule has 0 spiro atoms. The Bertz CT molecular complexity index is 980. The molecule has 4 nitrogen and oxygen atoms in total. The van der Waals surface area contributed by atoms with E-state index in [0.717, 1.165) is 12.1 Å². The standard InChI is InChI=1S/C20H19F2N3O/c1-20(2,3)11-24-19(26)17-7-5-13-9-23-10-14(18(13)25-17)12-4-6-15(21)16(22)8-12/h4-10H,11H2,1-3H3,(H,24,26). The lowest BCUT2D eigenvalue weighted by Crippen LogP contribution is -2.32. The van der Waals surface area contributed by atoms with Gasteiger partial charge < -0.3 is 5.32 Å². The minimum absolute atomic E-state index is 0.0484. The number of nitrogens with one attached hydrogen (secondary N) is 1. The summed E-state index contributed by atoms with van der Waals surface area (Å²) in [6, 6.07) is 6.98. The topological polar surface area (TPSA) is 54.9 Å². The van der Waals surface area contributed by atoms with E-state index in [2.05, 4.69) is 15.3 Å². The van der Waals surface area contributed by atoms with Gasteiger partial charge >= 0.3 is 0 Å². The maximum absolute atomic E-state index is 13.6. The van der Waals surface area contributed by atoms with Gasteiger partial charge in [-0.05, 0) is 35.2 Å². The first kappa shape index (κ1) is 17.9. The van der Waals surface area contributed by atoms with E-state index < -0.39 is 11.6 Å². The monoisotopic (exact) mass is 355 g/mol. The van der Waals surface area contributed by atoms with Crippen molar-refractivity contribution in [2.45, 2.75) is 20.8 Å². The van der Waals surface area contributed by atoms with Gasteiger partial charge in [0, 0.05) is 29.9 Å². The molecule has 134 valence electrons. The molecule has 1 N–H and O–H groups in total. The highest BCUT2D eigenvalue weighted by Crippen LogP contribution is 2.27. The molecule has 6 heteroatoms. The van der Waals surface area contributed by atoms with Crippen LogP contribution in [-0.2, 0) is 0 Å². The number of pyridine rings is 2. The van der Waals surface area contributed by atoms with Crippen molar-refractivity contribution in [1.29, 1.82) is 0 Å². The van der Waals surface area contributed by atoms with E-state index >= 15 is 0 Å². The maximum Gasteiger partial charge on any atom is 0.269 e. The van der Waals surface area contributed by atoms with Crippen molar-refractivity contribution >= 4 is 16.8 Å². The van der Waals surface area contributed by atoms with Crippen LogP contribution in [0, 0.1) is 17.0 Å². The number of hydrogen-bond acceptors (Lipinski definition) is 3. The molecule has 26 heavy (non-hydrogen) atoms. The van der Waals surface area contributed by atoms with Crippen molar-refractivity contribution in [3.05, 3.63) is 60.1 Å². The molecule has 0 saturated carbocycles. The first-order valence-electron chi connectivity index (χ1n) is 8.23. The number of amides is 1. The predicted octanol–water partition coefficient (Wildman–Crippen LogP) is 4.35. The minimum atomic E-state index is -0.946. The van der Waals surface area contributed by atoms with E-state index in [1.165, 1.54) is 12.3 Å². The second-order valence-corrected chi connectivity index (χ2v) is 7.33. The molecule has 3 rings (SSSR count). The molecule has 0 fully saturated rings. The van der Waals surface area contributed by atoms with Crippen molar-refractivity contribution < 1.29 is 13.6 Å². The summed E-state index contributed by atoms with van der Waals surface area (Å²) in [6.07, 6.45) is 3.14. The van der Waals surface area contributed by atoms with Gasteiger partial charge in [-0.25, -0.2) is 13.8 Å². The molecule has 0 aliphatic rings. The average molecular weight is 355 g/mol. The number of carbonyl (C=O) groups excluding carboxylic acids is 1. The Labute approximate surface area is 150 Å². The van der Waals surface area contributed by atoms with Gasteiger partial charge in [-0.2, -0.15) is 0 Å². The van der Waals surface area contributed by atoms with Gasteiger partial charge in [-0.3, -0.25) is 9.78 Å². The molecule has 0 atom stereocenters. The van der Waals surface area contributed by atoms with E-state index in [1.807, 2.05) is 20.8 Å². The molecule has 2 aromatic heterocycles. The van der Waals surface area contributed by atoms with Gasteiger partial charge in [-0.15, -0.1) is 0 Å². The van der Waals surface area contributed by atoms with Gasteiger partial charge in [0.2, 0.25) is 0 Å². The quantitative estimate of drug-likeness (QED) is 0.760. The molecule has 3 aromatic rings. The fraction of sp³-hybridized carbons (Fsp3) is 0.250. The van der Waals surface area contributed by atoms with Crippen LogP contribution in [0.5, 0.6) is 0 Å². The first-order valence-corrected chi connectivity index (χ1v) is 8.23. The Balaban J connectivity index is 2.03. The molecule has 0 radical (unpaired) electrons. The third-order valence-electron chi connectivity index (χ3n) is 3.84. The lowest BCUT2D eigenvalue weighted by molar-refractivity contribution is 0.0934. The summed E-state index contributed by atoms with van der Waals surface area (Å²) in [5.74, 6) is -2.15. The van der Waals surface area contributed by atoms with Crippen molar-refractivity contribution in [3.63, 3.8) is 0 Å². The molecule has 1 amide bonds. The molecular formula is C20H19F2N3O. The minimum Gasteiger partial charge on any atom is -0.350 e. The lowest BCUT2D eigenvalue weighted by Gasteiger charge is -2.18. The van der Waals surface area contributed by atoms with Gasteiger partial charge in [0.15, 0.2) is 11.6 Å². The first-order chi connectivity index (χ1) is 12.2. The highest BCUT2D eigenvalue weighted by Gasteiger charge is 2.16. The zero-order valence-electron chi connectivity index (χ0n) is 14.8. The number of nitrogens with zero attached hydrogens (tertiary/aromatic N) is 2. The van der Waals surface area contributed by atoms with Crippen molar-refractivity contribution in [1.82, 2.24) is 15.3 Å². The SMILES string of the molecule is CC(C)(C)CNC(=O)c1ccc2cncc(-c3ccc(F)c(F)c3)c2n1. The smallest absolute Gasteiger partial charge is 0.269 e. The maximum atomic E-state index is 13.6. The lowest BCUT2D eigenvalue weighted by atomic mass is 9.97. The molecule has 1 aromatic carbocycles. The number of halogens is 2. The molecular weight excluding hydrogens is 336 g/mol. The Morgan fingerprint density at radius 3 is 2.54 bits per heavy atom. The Morgan fingerprint density at radius 2 is 1.85 bits per heavy atom. The average Bonchev–Trinajstić information content (AvgIpc) is 2.60. The van der Waals surface area contributed by atoms with E-state index in [1.54, 1.807) is 18.3 Å². The second kappa shape index (κ2) is 6.78. The zero-order chi connectivity index (χ0) is 18.9.